The van der Waals surface area contributed by atoms with Crippen LogP contribution in [-0.2, 0) is 16.0 Å². The van der Waals surface area contributed by atoms with Gasteiger partial charge in [-0.1, -0.05) is 6.07 Å². The molecule has 118 valence electrons. The fourth-order valence-electron chi connectivity index (χ4n) is 1.92. The average Bonchev–Trinajstić information content (AvgIpc) is 2.89. The molecule has 21 heavy (non-hydrogen) atoms. The van der Waals surface area contributed by atoms with E-state index in [1.165, 1.54) is 4.88 Å². The largest absolute Gasteiger partial charge is 0.351 e. The number of carbonyl (C=O) groups is 2. The van der Waals surface area contributed by atoms with Crippen molar-refractivity contribution in [3.05, 3.63) is 22.4 Å². The van der Waals surface area contributed by atoms with E-state index in [1.807, 2.05) is 39.3 Å². The Labute approximate surface area is 130 Å². The van der Waals surface area contributed by atoms with Crippen LogP contribution in [0.25, 0.3) is 0 Å². The third-order valence-corrected chi connectivity index (χ3v) is 4.21. The number of nitrogens with one attached hydrogen (secondary N) is 3. The molecule has 0 spiro atoms. The number of thiophene rings is 1. The van der Waals surface area contributed by atoms with Crippen LogP contribution >= 0.6 is 11.3 Å². The number of quaternary nitrogens is 1. The smallest absolute Gasteiger partial charge is 0.278 e. The number of hydrogen-bond acceptors (Lipinski definition) is 3. The van der Waals surface area contributed by atoms with E-state index >= 15 is 0 Å². The number of rotatable bonds is 8. The fourth-order valence-corrected chi connectivity index (χ4v) is 2.63. The van der Waals surface area contributed by atoms with Gasteiger partial charge in [-0.2, -0.15) is 0 Å². The molecule has 0 bridgehead atoms. The van der Waals surface area contributed by atoms with Crippen molar-refractivity contribution in [3.63, 3.8) is 0 Å². The van der Waals surface area contributed by atoms with Gasteiger partial charge in [0.25, 0.3) is 11.8 Å². The van der Waals surface area contributed by atoms with Gasteiger partial charge in [0, 0.05) is 17.5 Å². The molecule has 0 aliphatic rings. The van der Waals surface area contributed by atoms with Crippen LogP contribution in [0.4, 0.5) is 0 Å². The minimum absolute atomic E-state index is 0.0126. The number of likely N-dealkylation sites (N-methyl/N-ethyl adjacent to an activating group) is 1. The van der Waals surface area contributed by atoms with E-state index in [4.69, 9.17) is 0 Å². The maximum absolute atomic E-state index is 12.1. The van der Waals surface area contributed by atoms with E-state index in [0.717, 1.165) is 11.3 Å². The fraction of sp³-hybridized carbons (Fsp3) is 0.600. The zero-order valence-electron chi connectivity index (χ0n) is 13.2. The molecule has 1 heterocycles. The van der Waals surface area contributed by atoms with Gasteiger partial charge < -0.3 is 15.5 Å². The van der Waals surface area contributed by atoms with Crippen LogP contribution in [0.3, 0.4) is 0 Å². The second kappa shape index (κ2) is 8.79. The van der Waals surface area contributed by atoms with Crippen molar-refractivity contribution in [2.24, 2.45) is 0 Å². The summed E-state index contributed by atoms with van der Waals surface area (Å²) in [5.41, 5.74) is 0. The van der Waals surface area contributed by atoms with Gasteiger partial charge in [0.15, 0.2) is 12.6 Å². The van der Waals surface area contributed by atoms with Crippen molar-refractivity contribution in [1.29, 1.82) is 0 Å². The minimum Gasteiger partial charge on any atom is -0.351 e. The number of carbonyl (C=O) groups excluding carboxylic acids is 2. The van der Waals surface area contributed by atoms with Gasteiger partial charge in [-0.15, -0.1) is 11.3 Å². The van der Waals surface area contributed by atoms with Crippen LogP contribution in [0.5, 0.6) is 0 Å². The summed E-state index contributed by atoms with van der Waals surface area (Å²) < 4.78 is 0. The van der Waals surface area contributed by atoms with Gasteiger partial charge in [-0.05, 0) is 38.6 Å². The highest BCUT2D eigenvalue weighted by Gasteiger charge is 2.23. The van der Waals surface area contributed by atoms with E-state index in [0.29, 0.717) is 13.1 Å². The van der Waals surface area contributed by atoms with Crippen LogP contribution in [0.1, 0.15) is 25.6 Å². The van der Waals surface area contributed by atoms with Gasteiger partial charge in [0.2, 0.25) is 0 Å². The Morgan fingerprint density at radius 1 is 1.33 bits per heavy atom. The third-order valence-electron chi connectivity index (χ3n) is 3.27. The Hall–Kier alpha value is -1.40. The first-order chi connectivity index (χ1) is 9.90. The van der Waals surface area contributed by atoms with E-state index in [-0.39, 0.29) is 23.9 Å². The second-order valence-electron chi connectivity index (χ2n) is 5.59. The summed E-state index contributed by atoms with van der Waals surface area (Å²) in [5.74, 6) is -0.0397. The Morgan fingerprint density at radius 2 is 2.05 bits per heavy atom. The van der Waals surface area contributed by atoms with Crippen LogP contribution in [0.15, 0.2) is 17.5 Å². The molecule has 0 saturated carbocycles. The highest BCUT2D eigenvalue weighted by molar-refractivity contribution is 7.09. The molecule has 1 unspecified atom stereocenters. The van der Waals surface area contributed by atoms with Crippen LogP contribution in [-0.4, -0.2) is 44.0 Å². The summed E-state index contributed by atoms with van der Waals surface area (Å²) in [6, 6.07) is 3.95. The van der Waals surface area contributed by atoms with Crippen molar-refractivity contribution in [3.8, 4) is 0 Å². The van der Waals surface area contributed by atoms with Crippen molar-refractivity contribution < 1.29 is 14.5 Å². The molecule has 2 amide bonds. The lowest BCUT2D eigenvalue weighted by atomic mass is 10.2. The minimum atomic E-state index is -0.244. The lowest BCUT2D eigenvalue weighted by Gasteiger charge is -2.21. The maximum Gasteiger partial charge on any atom is 0.278 e. The monoisotopic (exact) mass is 312 g/mol. The number of hydrogen-bond donors (Lipinski definition) is 3. The zero-order chi connectivity index (χ0) is 15.8. The standard InChI is InChI=1S/C15H25N3O2S/c1-11(2)17-14(19)10-18(4)12(3)15(20)16-8-7-13-6-5-9-21-13/h5-6,9,11-12H,7-8,10H2,1-4H3,(H,16,20)(H,17,19)/p+1/t12-/m0/s1. The SMILES string of the molecule is CC(C)NC(=O)C[NH+](C)[C@@H](C)C(=O)NCCc1cccs1. The molecule has 0 aliphatic heterocycles. The molecule has 1 rings (SSSR count). The summed E-state index contributed by atoms with van der Waals surface area (Å²) in [6.07, 6.45) is 0.850. The van der Waals surface area contributed by atoms with Gasteiger partial charge in [-0.3, -0.25) is 9.59 Å². The molecule has 3 N–H and O–H groups in total. The molecule has 1 aromatic heterocycles. The molecule has 0 saturated heterocycles. The van der Waals surface area contributed by atoms with Crippen molar-refractivity contribution in [2.75, 3.05) is 20.1 Å². The predicted octanol–water partition coefficient (Wildman–Crippen LogP) is -0.165. The molecule has 0 fully saturated rings. The summed E-state index contributed by atoms with van der Waals surface area (Å²) in [6.45, 7) is 6.63. The van der Waals surface area contributed by atoms with Gasteiger partial charge in [0.05, 0.1) is 7.05 Å². The molecule has 0 aromatic carbocycles. The number of amides is 2. The third kappa shape index (κ3) is 6.73. The van der Waals surface area contributed by atoms with E-state index in [1.54, 1.807) is 11.3 Å². The van der Waals surface area contributed by atoms with Crippen LogP contribution in [0, 0.1) is 0 Å². The van der Waals surface area contributed by atoms with E-state index in [9.17, 15) is 9.59 Å². The summed E-state index contributed by atoms with van der Waals surface area (Å²) in [7, 11) is 1.86. The molecule has 5 nitrogen and oxygen atoms in total. The van der Waals surface area contributed by atoms with Crippen molar-refractivity contribution >= 4 is 23.2 Å². The lowest BCUT2D eigenvalue weighted by molar-refractivity contribution is -0.886. The van der Waals surface area contributed by atoms with Gasteiger partial charge in [0.1, 0.15) is 0 Å². The topological polar surface area (TPSA) is 62.6 Å². The predicted molar refractivity (Wildman–Crippen MR) is 85.5 cm³/mol. The maximum atomic E-state index is 12.1. The van der Waals surface area contributed by atoms with Crippen LogP contribution < -0.4 is 15.5 Å². The average molecular weight is 312 g/mol. The molecule has 0 aliphatic carbocycles. The van der Waals surface area contributed by atoms with Crippen molar-refractivity contribution in [1.82, 2.24) is 10.6 Å². The quantitative estimate of drug-likeness (QED) is 0.624. The highest BCUT2D eigenvalue weighted by Crippen LogP contribution is 2.07. The summed E-state index contributed by atoms with van der Waals surface area (Å²) in [5, 5.41) is 7.80. The first kappa shape index (κ1) is 17.7. The molecular formula is C15H26N3O2S+. The van der Waals surface area contributed by atoms with E-state index < -0.39 is 0 Å². The first-order valence-electron chi connectivity index (χ1n) is 7.32. The van der Waals surface area contributed by atoms with Crippen LogP contribution in [0.2, 0.25) is 0 Å². The Morgan fingerprint density at radius 3 is 2.62 bits per heavy atom. The molecular weight excluding hydrogens is 286 g/mol. The highest BCUT2D eigenvalue weighted by atomic mass is 32.1. The second-order valence-corrected chi connectivity index (χ2v) is 6.62. The van der Waals surface area contributed by atoms with Gasteiger partial charge >= 0.3 is 0 Å². The molecule has 1 aromatic rings. The molecule has 6 heteroatoms. The summed E-state index contributed by atoms with van der Waals surface area (Å²) >= 11 is 1.69. The normalized spacial score (nSPS) is 13.8. The Kier molecular flexibility index (Phi) is 7.39. The Bertz CT molecular complexity index is 446. The molecule has 0 radical (unpaired) electrons. The first-order valence-corrected chi connectivity index (χ1v) is 8.20. The van der Waals surface area contributed by atoms with E-state index in [2.05, 4.69) is 16.7 Å². The Balaban J connectivity index is 2.30. The molecule has 2 atom stereocenters. The lowest BCUT2D eigenvalue weighted by Crippen LogP contribution is -3.15. The zero-order valence-corrected chi connectivity index (χ0v) is 14.0. The van der Waals surface area contributed by atoms with Crippen molar-refractivity contribution in [2.45, 2.75) is 39.3 Å². The van der Waals surface area contributed by atoms with Gasteiger partial charge in [-0.25, -0.2) is 0 Å². The summed E-state index contributed by atoms with van der Waals surface area (Å²) in [4.78, 5) is 25.9.